The number of aryl methyl sites for hydroxylation is 1. The van der Waals surface area contributed by atoms with Crippen molar-refractivity contribution in [3.05, 3.63) is 17.6 Å². The third-order valence-electron chi connectivity index (χ3n) is 3.47. The van der Waals surface area contributed by atoms with Gasteiger partial charge in [-0.3, -0.25) is 0 Å². The second-order valence-corrected chi connectivity index (χ2v) is 5.12. The third-order valence-corrected chi connectivity index (χ3v) is 3.47. The van der Waals surface area contributed by atoms with Crippen LogP contribution in [0.5, 0.6) is 5.88 Å². The Kier molecular flexibility index (Phi) is 4.89. The van der Waals surface area contributed by atoms with Crippen molar-refractivity contribution in [3.63, 3.8) is 0 Å². The molecule has 1 aromatic heterocycles. The SMILES string of the molecule is COC(=O)c1nc(C)cc(OC2CCCCCC2N)n1. The van der Waals surface area contributed by atoms with E-state index in [0.717, 1.165) is 25.7 Å². The Balaban J connectivity index is 2.15. The number of carbonyl (C=O) groups excluding carboxylic acids is 1. The summed E-state index contributed by atoms with van der Waals surface area (Å²) in [6.07, 6.45) is 5.24. The topological polar surface area (TPSA) is 87.3 Å². The van der Waals surface area contributed by atoms with Gasteiger partial charge in [0, 0.05) is 17.8 Å². The molecule has 0 radical (unpaired) electrons. The van der Waals surface area contributed by atoms with E-state index in [-0.39, 0.29) is 18.0 Å². The number of methoxy groups -OCH3 is 1. The first-order valence-electron chi connectivity index (χ1n) is 6.96. The van der Waals surface area contributed by atoms with Crippen molar-refractivity contribution in [2.45, 2.75) is 51.2 Å². The largest absolute Gasteiger partial charge is 0.473 e. The van der Waals surface area contributed by atoms with E-state index in [2.05, 4.69) is 14.7 Å². The summed E-state index contributed by atoms with van der Waals surface area (Å²) in [7, 11) is 1.30. The molecule has 2 N–H and O–H groups in total. The van der Waals surface area contributed by atoms with Crippen LogP contribution in [-0.4, -0.2) is 35.2 Å². The Morgan fingerprint density at radius 3 is 2.80 bits per heavy atom. The van der Waals surface area contributed by atoms with Crippen molar-refractivity contribution in [1.29, 1.82) is 0 Å². The van der Waals surface area contributed by atoms with E-state index in [0.29, 0.717) is 11.6 Å². The number of ether oxygens (including phenoxy) is 2. The predicted octanol–water partition coefficient (Wildman–Crippen LogP) is 1.61. The molecule has 1 saturated carbocycles. The fourth-order valence-corrected chi connectivity index (χ4v) is 2.39. The molecule has 6 heteroatoms. The molecule has 2 rings (SSSR count). The Morgan fingerprint density at radius 1 is 1.30 bits per heavy atom. The number of nitrogens with two attached hydrogens (primary N) is 1. The molecule has 1 aliphatic carbocycles. The van der Waals surface area contributed by atoms with Gasteiger partial charge < -0.3 is 15.2 Å². The van der Waals surface area contributed by atoms with E-state index in [1.807, 2.05) is 0 Å². The molecule has 1 aliphatic rings. The molecule has 6 nitrogen and oxygen atoms in total. The highest BCUT2D eigenvalue weighted by Crippen LogP contribution is 2.21. The Morgan fingerprint density at radius 2 is 2.05 bits per heavy atom. The molecule has 1 heterocycles. The summed E-state index contributed by atoms with van der Waals surface area (Å²) in [6, 6.07) is 1.72. The van der Waals surface area contributed by atoms with Crippen LogP contribution < -0.4 is 10.5 Å². The molecule has 2 unspecified atom stereocenters. The number of carbonyl (C=O) groups is 1. The van der Waals surface area contributed by atoms with E-state index < -0.39 is 5.97 Å². The monoisotopic (exact) mass is 279 g/mol. The number of aromatic nitrogens is 2. The van der Waals surface area contributed by atoms with Crippen LogP contribution >= 0.6 is 0 Å². The van der Waals surface area contributed by atoms with Crippen molar-refractivity contribution in [1.82, 2.24) is 9.97 Å². The standard InChI is InChI=1S/C14H21N3O3/c1-9-8-12(17-13(16-9)14(18)19-2)20-11-7-5-3-4-6-10(11)15/h8,10-11H,3-7,15H2,1-2H3. The normalized spacial score (nSPS) is 22.9. The minimum atomic E-state index is -0.566. The summed E-state index contributed by atoms with van der Waals surface area (Å²) in [5.41, 5.74) is 6.79. The smallest absolute Gasteiger partial charge is 0.376 e. The number of rotatable bonds is 3. The molecule has 1 aromatic rings. The van der Waals surface area contributed by atoms with Gasteiger partial charge >= 0.3 is 5.97 Å². The van der Waals surface area contributed by atoms with Gasteiger partial charge in [-0.25, -0.2) is 9.78 Å². The summed E-state index contributed by atoms with van der Waals surface area (Å²) in [4.78, 5) is 19.6. The van der Waals surface area contributed by atoms with E-state index in [9.17, 15) is 4.79 Å². The molecule has 20 heavy (non-hydrogen) atoms. The van der Waals surface area contributed by atoms with Gasteiger partial charge in [0.15, 0.2) is 0 Å². The molecular weight excluding hydrogens is 258 g/mol. The van der Waals surface area contributed by atoms with Crippen LogP contribution in [0.25, 0.3) is 0 Å². The number of hydrogen-bond donors (Lipinski definition) is 1. The van der Waals surface area contributed by atoms with Gasteiger partial charge in [-0.1, -0.05) is 12.8 Å². The van der Waals surface area contributed by atoms with Gasteiger partial charge in [-0.05, 0) is 26.2 Å². The highest BCUT2D eigenvalue weighted by molar-refractivity contribution is 5.85. The highest BCUT2D eigenvalue weighted by atomic mass is 16.5. The van der Waals surface area contributed by atoms with E-state index >= 15 is 0 Å². The van der Waals surface area contributed by atoms with Gasteiger partial charge in [0.05, 0.1) is 7.11 Å². The summed E-state index contributed by atoms with van der Waals surface area (Å²) >= 11 is 0. The second kappa shape index (κ2) is 6.65. The van der Waals surface area contributed by atoms with Gasteiger partial charge in [0.25, 0.3) is 0 Å². The summed E-state index contributed by atoms with van der Waals surface area (Å²) in [5, 5.41) is 0. The third kappa shape index (κ3) is 3.66. The van der Waals surface area contributed by atoms with Gasteiger partial charge in [0.2, 0.25) is 11.7 Å². The zero-order chi connectivity index (χ0) is 14.5. The number of nitrogens with zero attached hydrogens (tertiary/aromatic N) is 2. The Labute approximate surface area is 118 Å². The van der Waals surface area contributed by atoms with Gasteiger partial charge in [-0.2, -0.15) is 4.98 Å². The summed E-state index contributed by atoms with van der Waals surface area (Å²) in [6.45, 7) is 1.79. The lowest BCUT2D eigenvalue weighted by molar-refractivity contribution is 0.0583. The summed E-state index contributed by atoms with van der Waals surface area (Å²) < 4.78 is 10.5. The second-order valence-electron chi connectivity index (χ2n) is 5.12. The average molecular weight is 279 g/mol. The number of hydrogen-bond acceptors (Lipinski definition) is 6. The van der Waals surface area contributed by atoms with Crippen LogP contribution in [0.15, 0.2) is 6.07 Å². The van der Waals surface area contributed by atoms with Crippen LogP contribution in [-0.2, 0) is 4.74 Å². The zero-order valence-electron chi connectivity index (χ0n) is 12.0. The maximum Gasteiger partial charge on any atom is 0.376 e. The predicted molar refractivity (Wildman–Crippen MR) is 73.6 cm³/mol. The molecular formula is C14H21N3O3. The molecule has 0 bridgehead atoms. The van der Waals surface area contributed by atoms with Crippen LogP contribution in [0.3, 0.4) is 0 Å². The number of esters is 1. The van der Waals surface area contributed by atoms with E-state index in [1.165, 1.54) is 13.5 Å². The molecule has 0 aromatic carbocycles. The minimum Gasteiger partial charge on any atom is -0.473 e. The van der Waals surface area contributed by atoms with Crippen LogP contribution in [0.1, 0.15) is 48.4 Å². The van der Waals surface area contributed by atoms with Crippen LogP contribution in [0.2, 0.25) is 0 Å². The summed E-state index contributed by atoms with van der Waals surface area (Å²) in [5.74, 6) is -0.159. The van der Waals surface area contributed by atoms with Crippen LogP contribution in [0, 0.1) is 6.92 Å². The maximum atomic E-state index is 11.5. The van der Waals surface area contributed by atoms with Crippen molar-refractivity contribution >= 4 is 5.97 Å². The first-order valence-corrected chi connectivity index (χ1v) is 6.96. The molecule has 0 saturated heterocycles. The van der Waals surface area contributed by atoms with Crippen molar-refractivity contribution in [3.8, 4) is 5.88 Å². The molecule has 110 valence electrons. The Bertz CT molecular complexity index is 479. The lowest BCUT2D eigenvalue weighted by Crippen LogP contribution is -2.38. The van der Waals surface area contributed by atoms with Crippen LogP contribution in [0.4, 0.5) is 0 Å². The Hall–Kier alpha value is -1.69. The first-order chi connectivity index (χ1) is 9.60. The molecule has 0 amide bonds. The van der Waals surface area contributed by atoms with Crippen molar-refractivity contribution < 1.29 is 14.3 Å². The van der Waals surface area contributed by atoms with Crippen molar-refractivity contribution in [2.24, 2.45) is 5.73 Å². The lowest BCUT2D eigenvalue weighted by atomic mass is 10.1. The molecule has 0 aliphatic heterocycles. The fraction of sp³-hybridized carbons (Fsp3) is 0.643. The lowest BCUT2D eigenvalue weighted by Gasteiger charge is -2.22. The molecule has 1 fully saturated rings. The fourth-order valence-electron chi connectivity index (χ4n) is 2.39. The first kappa shape index (κ1) is 14.7. The molecule has 2 atom stereocenters. The van der Waals surface area contributed by atoms with E-state index in [1.54, 1.807) is 13.0 Å². The highest BCUT2D eigenvalue weighted by Gasteiger charge is 2.23. The maximum absolute atomic E-state index is 11.5. The minimum absolute atomic E-state index is 0.00866. The molecule has 0 spiro atoms. The van der Waals surface area contributed by atoms with Gasteiger partial charge in [0.1, 0.15) is 6.10 Å². The van der Waals surface area contributed by atoms with Gasteiger partial charge in [-0.15, -0.1) is 0 Å². The quantitative estimate of drug-likeness (QED) is 0.668. The zero-order valence-corrected chi connectivity index (χ0v) is 12.0. The van der Waals surface area contributed by atoms with Crippen molar-refractivity contribution in [2.75, 3.05) is 7.11 Å². The van der Waals surface area contributed by atoms with E-state index in [4.69, 9.17) is 10.5 Å². The average Bonchev–Trinajstić information content (AvgIpc) is 2.62.